The number of benzene rings is 1. The van der Waals surface area contributed by atoms with Gasteiger partial charge in [0.05, 0.1) is 6.04 Å². The van der Waals surface area contributed by atoms with Gasteiger partial charge >= 0.3 is 0 Å². The molecule has 0 spiro atoms. The van der Waals surface area contributed by atoms with E-state index in [9.17, 15) is 0 Å². The lowest BCUT2D eigenvalue weighted by atomic mass is 9.86. The third-order valence-corrected chi connectivity index (χ3v) is 4.35. The highest BCUT2D eigenvalue weighted by atomic mass is 16.5. The minimum absolute atomic E-state index is 0.180. The largest absolute Gasteiger partial charge is 0.462 e. The average Bonchev–Trinajstić information content (AvgIpc) is 3.20. The quantitative estimate of drug-likeness (QED) is 0.840. The Morgan fingerprint density at radius 3 is 2.57 bits per heavy atom. The Balaban J connectivity index is 1.90. The van der Waals surface area contributed by atoms with Crippen LogP contribution in [-0.4, -0.2) is 13.7 Å². The second-order valence-corrected chi connectivity index (χ2v) is 5.75. The summed E-state index contributed by atoms with van der Waals surface area (Å²) in [6.07, 6.45) is 2.41. The molecule has 1 saturated carbocycles. The third-order valence-electron chi connectivity index (χ3n) is 4.35. The lowest BCUT2D eigenvalue weighted by Crippen LogP contribution is -2.31. The summed E-state index contributed by atoms with van der Waals surface area (Å²) in [5.41, 5.74) is 1.58. The van der Waals surface area contributed by atoms with Crippen molar-refractivity contribution < 1.29 is 9.15 Å². The second-order valence-electron chi connectivity index (χ2n) is 5.75. The van der Waals surface area contributed by atoms with Crippen LogP contribution in [0.4, 0.5) is 0 Å². The molecule has 3 heteroatoms. The molecule has 1 heterocycles. The molecule has 1 fully saturated rings. The van der Waals surface area contributed by atoms with E-state index in [1.54, 1.807) is 7.11 Å². The highest BCUT2D eigenvalue weighted by Crippen LogP contribution is 2.56. The molecule has 2 aromatic rings. The molecule has 0 amide bonds. The maximum Gasteiger partial charge on any atom is 0.129 e. The van der Waals surface area contributed by atoms with E-state index in [0.717, 1.165) is 18.1 Å². The number of rotatable bonds is 7. The van der Waals surface area contributed by atoms with Gasteiger partial charge in [0.25, 0.3) is 0 Å². The first kappa shape index (κ1) is 14.4. The van der Waals surface area contributed by atoms with Gasteiger partial charge in [0.2, 0.25) is 0 Å². The molecule has 0 saturated heterocycles. The molecular weight excluding hydrogens is 262 g/mol. The number of likely N-dealkylation sites (N-methyl/N-ethyl adjacent to an activating group) is 1. The van der Waals surface area contributed by atoms with Crippen LogP contribution in [0.1, 0.15) is 42.9 Å². The molecule has 112 valence electrons. The van der Waals surface area contributed by atoms with Gasteiger partial charge in [-0.15, -0.1) is 0 Å². The number of furan rings is 1. The first-order valence-corrected chi connectivity index (χ1v) is 7.66. The van der Waals surface area contributed by atoms with Crippen molar-refractivity contribution in [3.63, 3.8) is 0 Å². The number of nitrogens with one attached hydrogen (secondary N) is 1. The molecule has 1 aliphatic rings. The van der Waals surface area contributed by atoms with Crippen LogP contribution in [0.3, 0.4) is 0 Å². The van der Waals surface area contributed by atoms with Crippen molar-refractivity contribution in [1.29, 1.82) is 0 Å². The predicted octanol–water partition coefficient (Wildman–Crippen LogP) is 3.81. The van der Waals surface area contributed by atoms with E-state index in [1.165, 1.54) is 18.4 Å². The summed E-state index contributed by atoms with van der Waals surface area (Å²) in [6, 6.07) is 15.1. The smallest absolute Gasteiger partial charge is 0.129 e. The second kappa shape index (κ2) is 6.04. The van der Waals surface area contributed by atoms with Gasteiger partial charge in [-0.05, 0) is 37.1 Å². The zero-order valence-electron chi connectivity index (χ0n) is 12.8. The molecule has 0 bridgehead atoms. The van der Waals surface area contributed by atoms with Crippen LogP contribution in [0.15, 0.2) is 46.9 Å². The summed E-state index contributed by atoms with van der Waals surface area (Å²) < 4.78 is 11.2. The van der Waals surface area contributed by atoms with E-state index in [2.05, 4.69) is 48.6 Å². The van der Waals surface area contributed by atoms with Gasteiger partial charge < -0.3 is 14.5 Å². The summed E-state index contributed by atoms with van der Waals surface area (Å²) in [4.78, 5) is 0. The van der Waals surface area contributed by atoms with E-state index in [-0.39, 0.29) is 11.5 Å². The maximum absolute atomic E-state index is 6.00. The Bertz CT molecular complexity index is 572. The number of methoxy groups -OCH3 is 1. The number of ether oxygens (including phenoxy) is 1. The zero-order valence-corrected chi connectivity index (χ0v) is 12.8. The normalized spacial score (nSPS) is 17.6. The van der Waals surface area contributed by atoms with Crippen LogP contribution in [0, 0.1) is 0 Å². The molecule has 1 aliphatic carbocycles. The van der Waals surface area contributed by atoms with Crippen LogP contribution in [0.25, 0.3) is 0 Å². The molecule has 3 nitrogen and oxygen atoms in total. The van der Waals surface area contributed by atoms with Crippen molar-refractivity contribution >= 4 is 0 Å². The Hall–Kier alpha value is -1.58. The molecule has 1 aromatic carbocycles. The van der Waals surface area contributed by atoms with Gasteiger partial charge in [-0.2, -0.15) is 0 Å². The van der Waals surface area contributed by atoms with Crippen LogP contribution < -0.4 is 5.32 Å². The first-order valence-electron chi connectivity index (χ1n) is 7.66. The predicted molar refractivity (Wildman–Crippen MR) is 83.2 cm³/mol. The third kappa shape index (κ3) is 2.76. The standard InChI is InChI=1S/C18H23NO2/c1-3-19-17(16-10-9-15(21-16)13-20-2)18(11-12-18)14-7-5-4-6-8-14/h4-10,17,19H,3,11-13H2,1-2H3. The molecular formula is C18H23NO2. The highest BCUT2D eigenvalue weighted by molar-refractivity contribution is 5.36. The fraction of sp³-hybridized carbons (Fsp3) is 0.444. The van der Waals surface area contributed by atoms with Gasteiger partial charge in [0.15, 0.2) is 0 Å². The van der Waals surface area contributed by atoms with E-state index in [0.29, 0.717) is 6.61 Å². The maximum atomic E-state index is 6.00. The van der Waals surface area contributed by atoms with Gasteiger partial charge in [-0.1, -0.05) is 37.3 Å². The van der Waals surface area contributed by atoms with Crippen LogP contribution in [0.5, 0.6) is 0 Å². The van der Waals surface area contributed by atoms with Crippen molar-refractivity contribution in [3.05, 3.63) is 59.5 Å². The van der Waals surface area contributed by atoms with Gasteiger partial charge in [-0.25, -0.2) is 0 Å². The highest BCUT2D eigenvalue weighted by Gasteiger charge is 2.52. The van der Waals surface area contributed by atoms with Crippen LogP contribution in [-0.2, 0) is 16.8 Å². The monoisotopic (exact) mass is 285 g/mol. The first-order chi connectivity index (χ1) is 10.3. The fourth-order valence-corrected chi connectivity index (χ4v) is 3.19. The summed E-state index contributed by atoms with van der Waals surface area (Å²) >= 11 is 0. The van der Waals surface area contributed by atoms with E-state index < -0.39 is 0 Å². The van der Waals surface area contributed by atoms with E-state index >= 15 is 0 Å². The molecule has 1 unspecified atom stereocenters. The molecule has 21 heavy (non-hydrogen) atoms. The molecule has 0 radical (unpaired) electrons. The summed E-state index contributed by atoms with van der Waals surface area (Å²) in [5, 5.41) is 3.62. The summed E-state index contributed by atoms with van der Waals surface area (Å²) in [5.74, 6) is 1.91. The Labute approximate surface area is 126 Å². The van der Waals surface area contributed by atoms with Crippen LogP contribution >= 0.6 is 0 Å². The van der Waals surface area contributed by atoms with Crippen molar-refractivity contribution in [3.8, 4) is 0 Å². The average molecular weight is 285 g/mol. The minimum Gasteiger partial charge on any atom is -0.462 e. The van der Waals surface area contributed by atoms with E-state index in [1.807, 2.05) is 6.07 Å². The Morgan fingerprint density at radius 2 is 1.95 bits per heavy atom. The lowest BCUT2D eigenvalue weighted by Gasteiger charge is -2.26. The van der Waals surface area contributed by atoms with Crippen molar-refractivity contribution in [2.24, 2.45) is 0 Å². The SMILES string of the molecule is CCNC(c1ccc(COC)o1)C1(c2ccccc2)CC1. The summed E-state index contributed by atoms with van der Waals surface area (Å²) in [7, 11) is 1.69. The van der Waals surface area contributed by atoms with Gasteiger partial charge in [0.1, 0.15) is 18.1 Å². The van der Waals surface area contributed by atoms with Crippen molar-refractivity contribution in [2.75, 3.05) is 13.7 Å². The fourth-order valence-electron chi connectivity index (χ4n) is 3.19. The van der Waals surface area contributed by atoms with E-state index in [4.69, 9.17) is 9.15 Å². The van der Waals surface area contributed by atoms with Gasteiger partial charge in [0, 0.05) is 12.5 Å². The van der Waals surface area contributed by atoms with Gasteiger partial charge in [-0.3, -0.25) is 0 Å². The Kier molecular flexibility index (Phi) is 4.13. The van der Waals surface area contributed by atoms with Crippen LogP contribution in [0.2, 0.25) is 0 Å². The molecule has 1 aromatic heterocycles. The minimum atomic E-state index is 0.180. The zero-order chi connectivity index (χ0) is 14.7. The Morgan fingerprint density at radius 1 is 1.19 bits per heavy atom. The number of hydrogen-bond acceptors (Lipinski definition) is 3. The van der Waals surface area contributed by atoms with Crippen molar-refractivity contribution in [2.45, 2.75) is 37.8 Å². The summed E-state index contributed by atoms with van der Waals surface area (Å²) in [6.45, 7) is 3.60. The number of hydrogen-bond donors (Lipinski definition) is 1. The molecule has 1 atom stereocenters. The lowest BCUT2D eigenvalue weighted by molar-refractivity contribution is 0.160. The molecule has 3 rings (SSSR count). The molecule has 1 N–H and O–H groups in total. The topological polar surface area (TPSA) is 34.4 Å². The molecule has 0 aliphatic heterocycles. The van der Waals surface area contributed by atoms with Crippen molar-refractivity contribution in [1.82, 2.24) is 5.32 Å².